The molecule has 2 aromatic carbocycles. The summed E-state index contributed by atoms with van der Waals surface area (Å²) < 4.78 is 75.7. The van der Waals surface area contributed by atoms with Gasteiger partial charge < -0.3 is 9.47 Å². The molecule has 1 heterocycles. The summed E-state index contributed by atoms with van der Waals surface area (Å²) in [5.74, 6) is 6.57. The van der Waals surface area contributed by atoms with Crippen molar-refractivity contribution >= 4 is 10.0 Å². The number of nitrogens with one attached hydrogen (secondary N) is 1. The minimum Gasteiger partial charge on any atom is -0.483 e. The van der Waals surface area contributed by atoms with Gasteiger partial charge in [0.05, 0.1) is 17.0 Å². The quantitative estimate of drug-likeness (QED) is 0.721. The summed E-state index contributed by atoms with van der Waals surface area (Å²) in [6.07, 6.45) is -3.75. The van der Waals surface area contributed by atoms with Gasteiger partial charge in [-0.1, -0.05) is 24.0 Å². The molecule has 30 heavy (non-hydrogen) atoms. The van der Waals surface area contributed by atoms with Crippen molar-refractivity contribution in [2.75, 3.05) is 13.2 Å². The standard InChI is InChI=1S/C21H20F3NO4S/c1-20(2)14-15-6-5-7-18(19(15)29-20)28-13-4-3-12-25-30(26,27)17-10-8-16(9-11-17)21(22,23)24/h5-11,25H,12-14H2,1-2H3. The van der Waals surface area contributed by atoms with Gasteiger partial charge >= 0.3 is 6.18 Å². The van der Waals surface area contributed by atoms with Gasteiger partial charge in [0.25, 0.3) is 0 Å². The Morgan fingerprint density at radius 2 is 1.83 bits per heavy atom. The summed E-state index contributed by atoms with van der Waals surface area (Å²) >= 11 is 0. The topological polar surface area (TPSA) is 64.6 Å². The lowest BCUT2D eigenvalue weighted by Crippen LogP contribution is -2.24. The largest absolute Gasteiger partial charge is 0.483 e. The zero-order valence-corrected chi connectivity index (χ0v) is 17.2. The minimum atomic E-state index is -4.53. The third-order valence-corrected chi connectivity index (χ3v) is 5.74. The average Bonchev–Trinajstić information content (AvgIpc) is 2.98. The van der Waals surface area contributed by atoms with Crippen molar-refractivity contribution < 1.29 is 31.1 Å². The number of benzene rings is 2. The zero-order valence-electron chi connectivity index (χ0n) is 16.3. The molecule has 0 bridgehead atoms. The Labute approximate surface area is 173 Å². The Morgan fingerprint density at radius 3 is 2.50 bits per heavy atom. The molecule has 0 aromatic heterocycles. The van der Waals surface area contributed by atoms with Gasteiger partial charge in [-0.15, -0.1) is 0 Å². The molecule has 0 saturated heterocycles. The molecule has 1 aliphatic heterocycles. The van der Waals surface area contributed by atoms with Crippen LogP contribution in [-0.2, 0) is 22.6 Å². The highest BCUT2D eigenvalue weighted by Gasteiger charge is 2.32. The van der Waals surface area contributed by atoms with Crippen LogP contribution in [0.2, 0.25) is 0 Å². The molecule has 0 radical (unpaired) electrons. The first kappa shape index (κ1) is 22.0. The average molecular weight is 439 g/mol. The summed E-state index contributed by atoms with van der Waals surface area (Å²) in [4.78, 5) is -0.270. The van der Waals surface area contributed by atoms with Gasteiger partial charge in [-0.3, -0.25) is 0 Å². The molecule has 0 unspecified atom stereocenters. The second-order valence-corrected chi connectivity index (χ2v) is 9.04. The number of fused-ring (bicyclic) bond motifs is 1. The first-order chi connectivity index (χ1) is 14.0. The van der Waals surface area contributed by atoms with Crippen molar-refractivity contribution in [1.29, 1.82) is 0 Å². The number of hydrogen-bond acceptors (Lipinski definition) is 4. The second kappa shape index (κ2) is 8.20. The van der Waals surface area contributed by atoms with E-state index < -0.39 is 21.8 Å². The molecule has 3 rings (SSSR count). The minimum absolute atomic E-state index is 0.0300. The molecule has 0 spiro atoms. The molecule has 1 N–H and O–H groups in total. The maximum atomic E-state index is 12.6. The Bertz CT molecular complexity index is 1080. The smallest absolute Gasteiger partial charge is 0.416 e. The van der Waals surface area contributed by atoms with Crippen molar-refractivity contribution in [2.24, 2.45) is 0 Å². The van der Waals surface area contributed by atoms with Crippen molar-refractivity contribution in [1.82, 2.24) is 4.72 Å². The number of alkyl halides is 3. The van der Waals surface area contributed by atoms with Crippen molar-refractivity contribution in [3.8, 4) is 23.3 Å². The molecule has 2 aromatic rings. The monoisotopic (exact) mass is 439 g/mol. The number of hydrogen-bond donors (Lipinski definition) is 1. The van der Waals surface area contributed by atoms with Crippen molar-refractivity contribution in [3.63, 3.8) is 0 Å². The van der Waals surface area contributed by atoms with Crippen LogP contribution in [0.5, 0.6) is 11.5 Å². The van der Waals surface area contributed by atoms with Crippen LogP contribution in [0.25, 0.3) is 0 Å². The lowest BCUT2D eigenvalue weighted by molar-refractivity contribution is -0.137. The van der Waals surface area contributed by atoms with Gasteiger partial charge in [-0.2, -0.15) is 17.9 Å². The number of ether oxygens (including phenoxy) is 2. The highest BCUT2D eigenvalue weighted by molar-refractivity contribution is 7.89. The van der Waals surface area contributed by atoms with Crippen LogP contribution < -0.4 is 14.2 Å². The van der Waals surface area contributed by atoms with Gasteiger partial charge in [0.2, 0.25) is 10.0 Å². The first-order valence-corrected chi connectivity index (χ1v) is 10.5. The van der Waals surface area contributed by atoms with Gasteiger partial charge in [-0.05, 0) is 44.2 Å². The Kier molecular flexibility index (Phi) is 6.01. The van der Waals surface area contributed by atoms with E-state index in [1.165, 1.54) is 0 Å². The molecule has 0 saturated carbocycles. The van der Waals surface area contributed by atoms with E-state index >= 15 is 0 Å². The molecular weight excluding hydrogens is 419 g/mol. The number of para-hydroxylation sites is 1. The summed E-state index contributed by atoms with van der Waals surface area (Å²) in [6, 6.07) is 8.85. The van der Waals surface area contributed by atoms with Crippen LogP contribution in [0, 0.1) is 11.8 Å². The van der Waals surface area contributed by atoms with Gasteiger partial charge in [0.15, 0.2) is 11.5 Å². The van der Waals surface area contributed by atoms with Crippen molar-refractivity contribution in [3.05, 3.63) is 53.6 Å². The number of rotatable bonds is 5. The van der Waals surface area contributed by atoms with E-state index in [-0.39, 0.29) is 23.6 Å². The molecule has 5 nitrogen and oxygen atoms in total. The van der Waals surface area contributed by atoms with Crippen LogP contribution in [-0.4, -0.2) is 27.2 Å². The van der Waals surface area contributed by atoms with Crippen LogP contribution in [0.15, 0.2) is 47.4 Å². The highest BCUT2D eigenvalue weighted by atomic mass is 32.2. The third-order valence-electron chi connectivity index (χ3n) is 4.32. The third kappa shape index (κ3) is 5.26. The van der Waals surface area contributed by atoms with E-state index in [4.69, 9.17) is 9.47 Å². The summed E-state index contributed by atoms with van der Waals surface area (Å²) in [6.45, 7) is 3.80. The number of sulfonamides is 1. The Balaban J connectivity index is 1.53. The molecule has 0 fully saturated rings. The molecule has 0 atom stereocenters. The van der Waals surface area contributed by atoms with Gasteiger partial charge in [-0.25, -0.2) is 8.42 Å². The molecule has 0 aliphatic carbocycles. The van der Waals surface area contributed by atoms with Gasteiger partial charge in [0.1, 0.15) is 12.2 Å². The SMILES string of the molecule is CC1(C)Cc2cccc(OCC#CCNS(=O)(=O)c3ccc(C(F)(F)F)cc3)c2O1. The van der Waals surface area contributed by atoms with E-state index in [0.717, 1.165) is 36.2 Å². The summed E-state index contributed by atoms with van der Waals surface area (Å²) in [5, 5.41) is 0. The van der Waals surface area contributed by atoms with E-state index in [1.807, 2.05) is 26.0 Å². The Hall–Kier alpha value is -2.70. The lowest BCUT2D eigenvalue weighted by Gasteiger charge is -2.17. The molecule has 9 heteroatoms. The van der Waals surface area contributed by atoms with E-state index in [1.54, 1.807) is 6.07 Å². The predicted molar refractivity (Wildman–Crippen MR) is 105 cm³/mol. The van der Waals surface area contributed by atoms with Crippen LogP contribution in [0.3, 0.4) is 0 Å². The second-order valence-electron chi connectivity index (χ2n) is 7.27. The lowest BCUT2D eigenvalue weighted by atomic mass is 10.0. The maximum absolute atomic E-state index is 12.6. The summed E-state index contributed by atoms with van der Waals surface area (Å²) in [5.41, 5.74) is -0.169. The predicted octanol–water partition coefficient (Wildman–Crippen LogP) is 3.78. The molecule has 0 amide bonds. The van der Waals surface area contributed by atoms with E-state index in [0.29, 0.717) is 11.5 Å². The molecule has 1 aliphatic rings. The highest BCUT2D eigenvalue weighted by Crippen LogP contribution is 2.41. The zero-order chi connectivity index (χ0) is 22.0. The fraction of sp³-hybridized carbons (Fsp3) is 0.333. The van der Waals surface area contributed by atoms with E-state index in [9.17, 15) is 21.6 Å². The number of halogens is 3. The Morgan fingerprint density at radius 1 is 1.13 bits per heavy atom. The fourth-order valence-electron chi connectivity index (χ4n) is 2.97. The maximum Gasteiger partial charge on any atom is 0.416 e. The van der Waals surface area contributed by atoms with Crippen LogP contribution in [0.4, 0.5) is 13.2 Å². The van der Waals surface area contributed by atoms with Crippen LogP contribution >= 0.6 is 0 Å². The fourth-order valence-corrected chi connectivity index (χ4v) is 3.89. The normalized spacial score (nSPS) is 15.0. The van der Waals surface area contributed by atoms with E-state index in [2.05, 4.69) is 16.6 Å². The van der Waals surface area contributed by atoms with Crippen molar-refractivity contribution in [2.45, 2.75) is 36.9 Å². The molecular formula is C21H20F3NO4S. The molecule has 160 valence electrons. The van der Waals surface area contributed by atoms with Gasteiger partial charge in [0, 0.05) is 12.0 Å². The summed E-state index contributed by atoms with van der Waals surface area (Å²) in [7, 11) is -3.96. The first-order valence-electron chi connectivity index (χ1n) is 9.04. The van der Waals surface area contributed by atoms with Crippen LogP contribution in [0.1, 0.15) is 25.0 Å².